The second-order valence-electron chi connectivity index (χ2n) is 3.18. The van der Waals surface area contributed by atoms with Gasteiger partial charge < -0.3 is 4.74 Å². The number of rotatable bonds is 4. The van der Waals surface area contributed by atoms with Crippen LogP contribution in [0.2, 0.25) is 0 Å². The fourth-order valence-corrected chi connectivity index (χ4v) is 1.31. The van der Waals surface area contributed by atoms with Crippen molar-refractivity contribution in [3.05, 3.63) is 30.2 Å². The molecule has 0 aliphatic rings. The first-order valence-corrected chi connectivity index (χ1v) is 5.15. The van der Waals surface area contributed by atoms with Gasteiger partial charge in [-0.1, -0.05) is 6.07 Å². The Balaban J connectivity index is 2.20. The Bertz CT molecular complexity index is 496. The van der Waals surface area contributed by atoms with Gasteiger partial charge in [-0.3, -0.25) is 4.79 Å². The minimum Gasteiger partial charge on any atom is -0.466 e. The first kappa shape index (κ1) is 11.2. The zero-order valence-electron chi connectivity index (χ0n) is 9.28. The third-order valence-electron chi connectivity index (χ3n) is 2.01. The Kier molecular flexibility index (Phi) is 3.39. The van der Waals surface area contributed by atoms with Gasteiger partial charge in [0, 0.05) is 6.20 Å². The summed E-state index contributed by atoms with van der Waals surface area (Å²) in [6.07, 6.45) is 1.66. The van der Waals surface area contributed by atoms with E-state index in [-0.39, 0.29) is 12.4 Å². The monoisotopic (exact) mass is 233 g/mol. The Morgan fingerprint density at radius 3 is 3.06 bits per heavy atom. The van der Waals surface area contributed by atoms with Crippen LogP contribution in [0.4, 0.5) is 0 Å². The maximum atomic E-state index is 11.3. The number of tetrazole rings is 1. The summed E-state index contributed by atoms with van der Waals surface area (Å²) in [7, 11) is 0. The largest absolute Gasteiger partial charge is 0.466 e. The predicted molar refractivity (Wildman–Crippen MR) is 57.3 cm³/mol. The zero-order valence-corrected chi connectivity index (χ0v) is 9.28. The van der Waals surface area contributed by atoms with Crippen LogP contribution in [0.15, 0.2) is 24.4 Å². The smallest absolute Gasteiger partial charge is 0.313 e. The van der Waals surface area contributed by atoms with Crippen LogP contribution in [-0.4, -0.2) is 37.8 Å². The Labute approximate surface area is 97.4 Å². The van der Waals surface area contributed by atoms with E-state index in [1.807, 2.05) is 6.07 Å². The summed E-state index contributed by atoms with van der Waals surface area (Å²) in [4.78, 5) is 15.4. The zero-order chi connectivity index (χ0) is 12.1. The molecular weight excluding hydrogens is 222 g/mol. The number of pyridine rings is 1. The number of hydrogen-bond acceptors (Lipinski definition) is 6. The van der Waals surface area contributed by atoms with E-state index < -0.39 is 0 Å². The van der Waals surface area contributed by atoms with E-state index in [2.05, 4.69) is 20.5 Å². The van der Waals surface area contributed by atoms with Gasteiger partial charge >= 0.3 is 5.97 Å². The summed E-state index contributed by atoms with van der Waals surface area (Å²) in [5.41, 5.74) is 0. The number of ether oxygens (including phenoxy) is 1. The molecule has 0 aromatic carbocycles. The average Bonchev–Trinajstić information content (AvgIpc) is 2.78. The highest BCUT2D eigenvalue weighted by atomic mass is 16.5. The lowest BCUT2D eigenvalue weighted by molar-refractivity contribution is -0.142. The molecular formula is C10H11N5O2. The molecule has 0 amide bonds. The molecule has 7 heteroatoms. The van der Waals surface area contributed by atoms with E-state index >= 15 is 0 Å². The highest BCUT2D eigenvalue weighted by Crippen LogP contribution is 2.04. The van der Waals surface area contributed by atoms with Crippen LogP contribution in [0, 0.1) is 0 Å². The molecule has 0 bridgehead atoms. The third-order valence-corrected chi connectivity index (χ3v) is 2.01. The van der Waals surface area contributed by atoms with Gasteiger partial charge in [-0.2, -0.15) is 4.68 Å². The molecule has 0 aliphatic heterocycles. The van der Waals surface area contributed by atoms with Gasteiger partial charge in [0.05, 0.1) is 6.61 Å². The van der Waals surface area contributed by atoms with Crippen LogP contribution >= 0.6 is 0 Å². The lowest BCUT2D eigenvalue weighted by atomic mass is 10.4. The summed E-state index contributed by atoms with van der Waals surface area (Å²) < 4.78 is 6.25. The van der Waals surface area contributed by atoms with Gasteiger partial charge in [-0.25, -0.2) is 4.98 Å². The molecule has 0 unspecified atom stereocenters. The van der Waals surface area contributed by atoms with Gasteiger partial charge in [0.2, 0.25) is 0 Å². The number of carbonyl (C=O) groups excluding carboxylic acids is 1. The van der Waals surface area contributed by atoms with E-state index in [0.29, 0.717) is 18.2 Å². The van der Waals surface area contributed by atoms with Crippen LogP contribution in [-0.2, 0) is 16.0 Å². The molecule has 7 nitrogen and oxygen atoms in total. The van der Waals surface area contributed by atoms with Crippen molar-refractivity contribution in [3.63, 3.8) is 0 Å². The van der Waals surface area contributed by atoms with E-state index in [9.17, 15) is 4.79 Å². The van der Waals surface area contributed by atoms with Gasteiger partial charge in [0.1, 0.15) is 6.42 Å². The number of nitrogens with zero attached hydrogens (tertiary/aromatic N) is 5. The number of esters is 1. The van der Waals surface area contributed by atoms with Crippen molar-refractivity contribution in [3.8, 4) is 5.82 Å². The summed E-state index contributed by atoms with van der Waals surface area (Å²) >= 11 is 0. The van der Waals surface area contributed by atoms with Crippen molar-refractivity contribution in [1.82, 2.24) is 25.2 Å². The molecule has 0 aliphatic carbocycles. The molecule has 2 rings (SSSR count). The van der Waals surface area contributed by atoms with E-state index in [1.54, 1.807) is 25.3 Å². The molecule has 88 valence electrons. The third kappa shape index (κ3) is 2.63. The van der Waals surface area contributed by atoms with Crippen LogP contribution in [0.1, 0.15) is 12.7 Å². The predicted octanol–water partition coefficient (Wildman–Crippen LogP) is 0.163. The SMILES string of the molecule is CCOC(=O)Cc1nnnn1-c1ccccn1. The lowest BCUT2D eigenvalue weighted by Crippen LogP contribution is -2.13. The summed E-state index contributed by atoms with van der Waals surface area (Å²) in [5.74, 6) is 0.610. The Hall–Kier alpha value is -2.31. The summed E-state index contributed by atoms with van der Waals surface area (Å²) in [6.45, 7) is 2.09. The standard InChI is InChI=1S/C10H11N5O2/c1-2-17-10(16)7-9-12-13-14-15(9)8-5-3-4-6-11-8/h3-6H,2,7H2,1H3. The average molecular weight is 233 g/mol. The molecule has 2 aromatic rings. The maximum absolute atomic E-state index is 11.3. The fourth-order valence-electron chi connectivity index (χ4n) is 1.31. The molecule has 0 fully saturated rings. The quantitative estimate of drug-likeness (QED) is 0.700. The first-order chi connectivity index (χ1) is 8.31. The van der Waals surface area contributed by atoms with Crippen molar-refractivity contribution in [2.75, 3.05) is 6.61 Å². The first-order valence-electron chi connectivity index (χ1n) is 5.15. The molecule has 0 saturated heterocycles. The minimum absolute atomic E-state index is 0.0252. The molecule has 2 heterocycles. The molecule has 0 saturated carbocycles. The second-order valence-corrected chi connectivity index (χ2v) is 3.18. The minimum atomic E-state index is -0.362. The fraction of sp³-hybridized carbons (Fsp3) is 0.300. The van der Waals surface area contributed by atoms with Crippen LogP contribution < -0.4 is 0 Å². The van der Waals surface area contributed by atoms with E-state index in [0.717, 1.165) is 0 Å². The maximum Gasteiger partial charge on any atom is 0.313 e. The van der Waals surface area contributed by atoms with Crippen LogP contribution in [0.5, 0.6) is 0 Å². The molecule has 17 heavy (non-hydrogen) atoms. The van der Waals surface area contributed by atoms with Gasteiger partial charge in [0.15, 0.2) is 11.6 Å². The van der Waals surface area contributed by atoms with Crippen LogP contribution in [0.3, 0.4) is 0 Å². The topological polar surface area (TPSA) is 82.8 Å². The normalized spacial score (nSPS) is 10.2. The van der Waals surface area contributed by atoms with E-state index in [1.165, 1.54) is 4.68 Å². The number of aromatic nitrogens is 5. The van der Waals surface area contributed by atoms with Crippen molar-refractivity contribution in [1.29, 1.82) is 0 Å². The molecule has 0 radical (unpaired) electrons. The number of carbonyl (C=O) groups is 1. The van der Waals surface area contributed by atoms with Crippen molar-refractivity contribution in [2.45, 2.75) is 13.3 Å². The second kappa shape index (κ2) is 5.15. The van der Waals surface area contributed by atoms with E-state index in [4.69, 9.17) is 4.74 Å². The van der Waals surface area contributed by atoms with Crippen molar-refractivity contribution >= 4 is 5.97 Å². The highest BCUT2D eigenvalue weighted by Gasteiger charge is 2.13. The molecule has 0 spiro atoms. The van der Waals surface area contributed by atoms with Crippen LogP contribution in [0.25, 0.3) is 5.82 Å². The number of hydrogen-bond donors (Lipinski definition) is 0. The van der Waals surface area contributed by atoms with Gasteiger partial charge in [-0.05, 0) is 29.5 Å². The Morgan fingerprint density at radius 2 is 2.35 bits per heavy atom. The van der Waals surface area contributed by atoms with Crippen molar-refractivity contribution < 1.29 is 9.53 Å². The summed E-state index contributed by atoms with van der Waals surface area (Å²) in [6, 6.07) is 5.36. The summed E-state index contributed by atoms with van der Waals surface area (Å²) in [5, 5.41) is 11.1. The molecule has 2 aromatic heterocycles. The molecule has 0 atom stereocenters. The lowest BCUT2D eigenvalue weighted by Gasteiger charge is -2.02. The van der Waals surface area contributed by atoms with Gasteiger partial charge in [-0.15, -0.1) is 5.10 Å². The highest BCUT2D eigenvalue weighted by molar-refractivity contribution is 5.71. The molecule has 0 N–H and O–H groups in total. The van der Waals surface area contributed by atoms with Gasteiger partial charge in [0.25, 0.3) is 0 Å². The Morgan fingerprint density at radius 1 is 1.47 bits per heavy atom. The van der Waals surface area contributed by atoms with Crippen molar-refractivity contribution in [2.24, 2.45) is 0 Å².